The van der Waals surface area contributed by atoms with Crippen molar-refractivity contribution in [3.05, 3.63) is 53.6 Å². The second-order valence-electron chi connectivity index (χ2n) is 5.18. The molecule has 0 bridgehead atoms. The second-order valence-corrected chi connectivity index (χ2v) is 5.18. The van der Waals surface area contributed by atoms with Gasteiger partial charge in [0.1, 0.15) is 0 Å². The van der Waals surface area contributed by atoms with Crippen LogP contribution < -0.4 is 4.74 Å². The van der Waals surface area contributed by atoms with Gasteiger partial charge in [0.2, 0.25) is 0 Å². The summed E-state index contributed by atoms with van der Waals surface area (Å²) in [5.74, 6) is 0.325. The van der Waals surface area contributed by atoms with Gasteiger partial charge in [0, 0.05) is 30.4 Å². The summed E-state index contributed by atoms with van der Waals surface area (Å²) in [4.78, 5) is 11.9. The monoisotopic (exact) mass is 273 g/mol. The average Bonchev–Trinajstić information content (AvgIpc) is 3.19. The van der Waals surface area contributed by atoms with Crippen molar-refractivity contribution in [1.29, 1.82) is 0 Å². The highest BCUT2D eigenvalue weighted by atomic mass is 19.1. The smallest absolute Gasteiger partial charge is 0.167 e. The Hall–Kier alpha value is -2.10. The molecule has 0 unspecified atom stereocenters. The van der Waals surface area contributed by atoms with Gasteiger partial charge in [0.25, 0.3) is 0 Å². The third-order valence-corrected chi connectivity index (χ3v) is 3.56. The molecule has 0 atom stereocenters. The number of aromatic nitrogens is 1. The largest absolute Gasteiger partial charge is 0.494 e. The topological polar surface area (TPSA) is 31.2 Å². The van der Waals surface area contributed by atoms with Crippen LogP contribution in [0.4, 0.5) is 4.39 Å². The number of carbonyl (C=O) groups excluding carboxylic acids is 1. The van der Waals surface area contributed by atoms with Crippen LogP contribution in [-0.4, -0.2) is 17.5 Å². The summed E-state index contributed by atoms with van der Waals surface area (Å²) >= 11 is 0. The van der Waals surface area contributed by atoms with E-state index in [1.807, 2.05) is 29.1 Å². The fraction of sp³-hybridized carbons (Fsp3) is 0.312. The second kappa shape index (κ2) is 5.12. The van der Waals surface area contributed by atoms with Crippen LogP contribution in [0.1, 0.15) is 28.8 Å². The molecule has 0 N–H and O–H groups in total. The molecule has 0 radical (unpaired) electrons. The Bertz CT molecular complexity index is 644. The third kappa shape index (κ3) is 2.59. The molecule has 1 fully saturated rings. The fourth-order valence-corrected chi connectivity index (χ4v) is 2.29. The lowest BCUT2D eigenvalue weighted by molar-refractivity contribution is 0.0967. The van der Waals surface area contributed by atoms with Gasteiger partial charge >= 0.3 is 0 Å². The normalized spacial score (nSPS) is 14.3. The summed E-state index contributed by atoms with van der Waals surface area (Å²) in [6.45, 7) is 0.541. The number of methoxy groups -OCH3 is 1. The van der Waals surface area contributed by atoms with Gasteiger partial charge in [-0.3, -0.25) is 4.79 Å². The standard InChI is InChI=1S/C16H16FNO2/c1-20-15-5-2-11(8-14(15)17)9-18-7-6-13(10-18)16(19)12-3-4-12/h2,5-8,10,12H,3-4,9H2,1H3. The number of carbonyl (C=O) groups is 1. The number of hydrogen-bond donors (Lipinski definition) is 0. The van der Waals surface area contributed by atoms with Crippen LogP contribution in [0.3, 0.4) is 0 Å². The summed E-state index contributed by atoms with van der Waals surface area (Å²) in [5.41, 5.74) is 1.59. The molecular weight excluding hydrogens is 257 g/mol. The summed E-state index contributed by atoms with van der Waals surface area (Å²) in [6.07, 6.45) is 5.71. The Balaban J connectivity index is 1.74. The van der Waals surface area contributed by atoms with Crippen LogP contribution in [0.25, 0.3) is 0 Å². The number of nitrogens with zero attached hydrogens (tertiary/aromatic N) is 1. The summed E-state index contributed by atoms with van der Waals surface area (Å²) < 4.78 is 20.4. The van der Waals surface area contributed by atoms with Gasteiger partial charge in [0.15, 0.2) is 17.3 Å². The predicted octanol–water partition coefficient (Wildman–Crippen LogP) is 3.28. The van der Waals surface area contributed by atoms with Crippen molar-refractivity contribution in [3.63, 3.8) is 0 Å². The maximum absolute atomic E-state index is 13.6. The first-order valence-electron chi connectivity index (χ1n) is 6.70. The molecule has 1 aliphatic rings. The van der Waals surface area contributed by atoms with E-state index in [9.17, 15) is 9.18 Å². The fourth-order valence-electron chi connectivity index (χ4n) is 2.29. The van der Waals surface area contributed by atoms with Crippen molar-refractivity contribution in [2.24, 2.45) is 5.92 Å². The number of Topliss-reactive ketones (excluding diaryl/α,β-unsaturated/α-hetero) is 1. The minimum Gasteiger partial charge on any atom is -0.494 e. The number of rotatable bonds is 5. The lowest BCUT2D eigenvalue weighted by Gasteiger charge is -2.06. The first-order valence-corrected chi connectivity index (χ1v) is 6.70. The van der Waals surface area contributed by atoms with E-state index in [2.05, 4.69) is 0 Å². The maximum atomic E-state index is 13.6. The number of ether oxygens (including phenoxy) is 1. The van der Waals surface area contributed by atoms with Gasteiger partial charge in [-0.1, -0.05) is 6.07 Å². The van der Waals surface area contributed by atoms with E-state index in [1.165, 1.54) is 13.2 Å². The van der Waals surface area contributed by atoms with Gasteiger partial charge in [-0.15, -0.1) is 0 Å². The molecule has 3 rings (SSSR count). The third-order valence-electron chi connectivity index (χ3n) is 3.56. The first kappa shape index (κ1) is 12.9. The van der Waals surface area contributed by atoms with Crippen molar-refractivity contribution < 1.29 is 13.9 Å². The lowest BCUT2D eigenvalue weighted by Crippen LogP contribution is -2.01. The van der Waals surface area contributed by atoms with Gasteiger partial charge in [0.05, 0.1) is 7.11 Å². The number of ketones is 1. The summed E-state index contributed by atoms with van der Waals surface area (Å²) in [5, 5.41) is 0. The molecule has 1 aliphatic carbocycles. The van der Waals surface area contributed by atoms with E-state index in [0.29, 0.717) is 6.54 Å². The SMILES string of the molecule is COc1ccc(Cn2ccc(C(=O)C3CC3)c2)cc1F. The summed E-state index contributed by atoms with van der Waals surface area (Å²) in [6, 6.07) is 6.73. The number of halogens is 1. The van der Waals surface area contributed by atoms with E-state index in [4.69, 9.17) is 4.74 Å². The molecule has 1 aromatic heterocycles. The van der Waals surface area contributed by atoms with Crippen LogP contribution in [-0.2, 0) is 6.54 Å². The highest BCUT2D eigenvalue weighted by molar-refractivity contribution is 5.99. The number of benzene rings is 1. The van der Waals surface area contributed by atoms with E-state index >= 15 is 0 Å². The van der Waals surface area contributed by atoms with Crippen LogP contribution in [0.15, 0.2) is 36.7 Å². The quantitative estimate of drug-likeness (QED) is 0.783. The Labute approximate surface area is 117 Å². The average molecular weight is 273 g/mol. The first-order chi connectivity index (χ1) is 9.67. The van der Waals surface area contributed by atoms with Crippen LogP contribution in [0.2, 0.25) is 0 Å². The van der Waals surface area contributed by atoms with Gasteiger partial charge in [-0.05, 0) is 36.6 Å². The highest BCUT2D eigenvalue weighted by Crippen LogP contribution is 2.32. The molecule has 0 spiro atoms. The zero-order chi connectivity index (χ0) is 14.1. The Morgan fingerprint density at radius 2 is 2.20 bits per heavy atom. The van der Waals surface area contributed by atoms with Crippen LogP contribution in [0.5, 0.6) is 5.75 Å². The molecule has 0 saturated heterocycles. The Kier molecular flexibility index (Phi) is 3.30. The molecule has 3 nitrogen and oxygen atoms in total. The zero-order valence-electron chi connectivity index (χ0n) is 11.3. The molecule has 0 amide bonds. The number of hydrogen-bond acceptors (Lipinski definition) is 2. The molecular formula is C16H16FNO2. The van der Waals surface area contributed by atoms with Crippen LogP contribution >= 0.6 is 0 Å². The van der Waals surface area contributed by atoms with Crippen molar-refractivity contribution in [2.45, 2.75) is 19.4 Å². The van der Waals surface area contributed by atoms with Crippen molar-refractivity contribution in [1.82, 2.24) is 4.57 Å². The zero-order valence-corrected chi connectivity index (χ0v) is 11.3. The Morgan fingerprint density at radius 3 is 2.85 bits per heavy atom. The molecule has 104 valence electrons. The molecule has 2 aromatic rings. The molecule has 4 heteroatoms. The maximum Gasteiger partial charge on any atom is 0.167 e. The highest BCUT2D eigenvalue weighted by Gasteiger charge is 2.30. The molecule has 1 saturated carbocycles. The molecule has 1 heterocycles. The minimum absolute atomic E-state index is 0.226. The van der Waals surface area contributed by atoms with E-state index < -0.39 is 0 Å². The Morgan fingerprint density at radius 1 is 1.40 bits per heavy atom. The van der Waals surface area contributed by atoms with Crippen molar-refractivity contribution in [3.8, 4) is 5.75 Å². The van der Waals surface area contributed by atoms with Crippen molar-refractivity contribution in [2.75, 3.05) is 7.11 Å². The van der Waals surface area contributed by atoms with Gasteiger partial charge in [-0.2, -0.15) is 0 Å². The van der Waals surface area contributed by atoms with Gasteiger partial charge < -0.3 is 9.30 Å². The summed E-state index contributed by atoms with van der Waals surface area (Å²) in [7, 11) is 1.44. The van der Waals surface area contributed by atoms with E-state index in [1.54, 1.807) is 6.07 Å². The molecule has 1 aromatic carbocycles. The van der Waals surface area contributed by atoms with Gasteiger partial charge in [-0.25, -0.2) is 4.39 Å². The molecule has 20 heavy (non-hydrogen) atoms. The van der Waals surface area contributed by atoms with E-state index in [0.717, 1.165) is 24.0 Å². The minimum atomic E-state index is -0.369. The van der Waals surface area contributed by atoms with Crippen molar-refractivity contribution >= 4 is 5.78 Å². The predicted molar refractivity (Wildman–Crippen MR) is 73.5 cm³/mol. The van der Waals surface area contributed by atoms with Crippen LogP contribution in [0, 0.1) is 11.7 Å². The van der Waals surface area contributed by atoms with E-state index in [-0.39, 0.29) is 23.3 Å². The molecule has 0 aliphatic heterocycles. The lowest BCUT2D eigenvalue weighted by atomic mass is 10.1.